The van der Waals surface area contributed by atoms with Crippen LogP contribution in [0.2, 0.25) is 0 Å². The Morgan fingerprint density at radius 2 is 1.39 bits per heavy atom. The molecule has 0 aliphatic heterocycles. The van der Waals surface area contributed by atoms with Gasteiger partial charge in [-0.05, 0) is 19.3 Å². The van der Waals surface area contributed by atoms with Crippen molar-refractivity contribution >= 4 is 5.84 Å². The predicted molar refractivity (Wildman–Crippen MR) is 83.5 cm³/mol. The third-order valence-corrected chi connectivity index (χ3v) is 3.19. The van der Waals surface area contributed by atoms with Crippen LogP contribution in [0.5, 0.6) is 0 Å². The molecule has 0 aromatic heterocycles. The van der Waals surface area contributed by atoms with Gasteiger partial charge >= 0.3 is 0 Å². The Morgan fingerprint density at radius 1 is 0.778 bits per heavy atom. The molecule has 0 atom stereocenters. The van der Waals surface area contributed by atoms with E-state index in [2.05, 4.69) is 26.1 Å². The van der Waals surface area contributed by atoms with Crippen LogP contribution in [-0.4, -0.2) is 18.9 Å². The van der Waals surface area contributed by atoms with Crippen molar-refractivity contribution in [3.63, 3.8) is 0 Å². The summed E-state index contributed by atoms with van der Waals surface area (Å²) in [4.78, 5) is 4.74. The number of unbranched alkanes of at least 4 members (excludes halogenated alkanes) is 6. The SMILES string of the molecule is CCCCCN=C(CCCCC)NCCCCC. The third-order valence-electron chi connectivity index (χ3n) is 3.19. The zero-order valence-corrected chi connectivity index (χ0v) is 12.9. The summed E-state index contributed by atoms with van der Waals surface area (Å²) in [7, 11) is 0. The van der Waals surface area contributed by atoms with Crippen molar-refractivity contribution in [2.24, 2.45) is 4.99 Å². The molecule has 0 unspecified atom stereocenters. The number of nitrogens with zero attached hydrogens (tertiary/aromatic N) is 1. The Hall–Kier alpha value is -0.530. The first-order chi connectivity index (χ1) is 8.85. The van der Waals surface area contributed by atoms with Crippen LogP contribution in [0.4, 0.5) is 0 Å². The van der Waals surface area contributed by atoms with Crippen molar-refractivity contribution in [1.82, 2.24) is 5.32 Å². The fourth-order valence-electron chi connectivity index (χ4n) is 1.95. The summed E-state index contributed by atoms with van der Waals surface area (Å²) in [5.74, 6) is 1.26. The highest BCUT2D eigenvalue weighted by molar-refractivity contribution is 5.82. The second-order valence-corrected chi connectivity index (χ2v) is 5.13. The molecule has 0 bridgehead atoms. The molecule has 108 valence electrons. The fourth-order valence-corrected chi connectivity index (χ4v) is 1.95. The standard InChI is InChI=1S/C16H34N2/c1-4-7-10-13-16(17-14-11-8-5-2)18-15-12-9-6-3/h4-15H2,1-3H3,(H,17,18). The van der Waals surface area contributed by atoms with E-state index < -0.39 is 0 Å². The van der Waals surface area contributed by atoms with E-state index in [0.29, 0.717) is 0 Å². The van der Waals surface area contributed by atoms with Gasteiger partial charge < -0.3 is 5.32 Å². The van der Waals surface area contributed by atoms with E-state index in [0.717, 1.165) is 19.5 Å². The molecule has 0 saturated heterocycles. The zero-order chi connectivity index (χ0) is 13.5. The normalized spacial score (nSPS) is 11.8. The summed E-state index contributed by atoms with van der Waals surface area (Å²) in [5.41, 5.74) is 0. The number of rotatable bonds is 12. The molecule has 18 heavy (non-hydrogen) atoms. The highest BCUT2D eigenvalue weighted by atomic mass is 15.0. The van der Waals surface area contributed by atoms with Gasteiger partial charge in [-0.1, -0.05) is 59.3 Å². The third kappa shape index (κ3) is 11.9. The van der Waals surface area contributed by atoms with Gasteiger partial charge in [-0.15, -0.1) is 0 Å². The van der Waals surface area contributed by atoms with Crippen LogP contribution >= 0.6 is 0 Å². The number of aliphatic imine (C=N–C) groups is 1. The Balaban J connectivity index is 3.82. The molecule has 0 heterocycles. The fraction of sp³-hybridized carbons (Fsp3) is 0.938. The van der Waals surface area contributed by atoms with E-state index in [4.69, 9.17) is 4.99 Å². The van der Waals surface area contributed by atoms with Crippen LogP contribution in [0.3, 0.4) is 0 Å². The molecule has 0 aromatic rings. The van der Waals surface area contributed by atoms with Crippen LogP contribution in [0, 0.1) is 0 Å². The van der Waals surface area contributed by atoms with Gasteiger partial charge in [0, 0.05) is 19.5 Å². The van der Waals surface area contributed by atoms with E-state index in [-0.39, 0.29) is 0 Å². The maximum atomic E-state index is 4.74. The van der Waals surface area contributed by atoms with Crippen LogP contribution in [0.15, 0.2) is 4.99 Å². The molecule has 0 aliphatic carbocycles. The molecule has 0 saturated carbocycles. The Morgan fingerprint density at radius 3 is 2.06 bits per heavy atom. The van der Waals surface area contributed by atoms with E-state index in [1.807, 2.05) is 0 Å². The lowest BCUT2D eigenvalue weighted by atomic mass is 10.2. The average Bonchev–Trinajstić information content (AvgIpc) is 2.39. The molecule has 0 rings (SSSR count). The van der Waals surface area contributed by atoms with Gasteiger partial charge in [-0.3, -0.25) is 4.99 Å². The maximum Gasteiger partial charge on any atom is 0.0963 e. The molecule has 2 heteroatoms. The van der Waals surface area contributed by atoms with Crippen molar-refractivity contribution in [2.45, 2.75) is 85.0 Å². The number of hydrogen-bond donors (Lipinski definition) is 1. The predicted octanol–water partition coefficient (Wildman–Crippen LogP) is 4.94. The van der Waals surface area contributed by atoms with Crippen molar-refractivity contribution < 1.29 is 0 Å². The topological polar surface area (TPSA) is 24.4 Å². The summed E-state index contributed by atoms with van der Waals surface area (Å²) >= 11 is 0. The zero-order valence-electron chi connectivity index (χ0n) is 12.9. The smallest absolute Gasteiger partial charge is 0.0963 e. The highest BCUT2D eigenvalue weighted by Crippen LogP contribution is 2.02. The van der Waals surface area contributed by atoms with E-state index in [1.54, 1.807) is 0 Å². The van der Waals surface area contributed by atoms with Gasteiger partial charge in [-0.2, -0.15) is 0 Å². The lowest BCUT2D eigenvalue weighted by Gasteiger charge is -2.10. The number of nitrogens with one attached hydrogen (secondary N) is 1. The maximum absolute atomic E-state index is 4.74. The molecular formula is C16H34N2. The summed E-state index contributed by atoms with van der Waals surface area (Å²) in [5, 5.41) is 3.54. The van der Waals surface area contributed by atoms with Gasteiger partial charge in [0.15, 0.2) is 0 Å². The van der Waals surface area contributed by atoms with Crippen molar-refractivity contribution in [2.75, 3.05) is 13.1 Å². The van der Waals surface area contributed by atoms with E-state index >= 15 is 0 Å². The lowest BCUT2D eigenvalue weighted by molar-refractivity contribution is 0.671. The minimum Gasteiger partial charge on any atom is -0.374 e. The quantitative estimate of drug-likeness (QED) is 0.298. The lowest BCUT2D eigenvalue weighted by Crippen LogP contribution is -2.25. The summed E-state index contributed by atoms with van der Waals surface area (Å²) in [6.07, 6.45) is 12.8. The molecule has 0 spiro atoms. The van der Waals surface area contributed by atoms with Crippen LogP contribution in [-0.2, 0) is 0 Å². The molecule has 0 fully saturated rings. The van der Waals surface area contributed by atoms with Crippen LogP contribution in [0.1, 0.15) is 85.0 Å². The highest BCUT2D eigenvalue weighted by Gasteiger charge is 1.98. The molecule has 0 radical (unpaired) electrons. The van der Waals surface area contributed by atoms with Crippen molar-refractivity contribution in [1.29, 1.82) is 0 Å². The van der Waals surface area contributed by atoms with E-state index in [9.17, 15) is 0 Å². The summed E-state index contributed by atoms with van der Waals surface area (Å²) in [6, 6.07) is 0. The first-order valence-corrected chi connectivity index (χ1v) is 8.12. The van der Waals surface area contributed by atoms with Crippen LogP contribution < -0.4 is 5.32 Å². The number of amidine groups is 1. The minimum absolute atomic E-state index is 1.01. The Kier molecular flexibility index (Phi) is 14.1. The van der Waals surface area contributed by atoms with Gasteiger partial charge in [0.25, 0.3) is 0 Å². The monoisotopic (exact) mass is 254 g/mol. The largest absolute Gasteiger partial charge is 0.374 e. The van der Waals surface area contributed by atoms with Crippen molar-refractivity contribution in [3.05, 3.63) is 0 Å². The second kappa shape index (κ2) is 14.5. The molecule has 0 aromatic carbocycles. The second-order valence-electron chi connectivity index (χ2n) is 5.13. The first kappa shape index (κ1) is 17.5. The molecule has 0 amide bonds. The summed E-state index contributed by atoms with van der Waals surface area (Å²) in [6.45, 7) is 8.87. The molecule has 0 aliphatic rings. The Bertz CT molecular complexity index is 188. The summed E-state index contributed by atoms with van der Waals surface area (Å²) < 4.78 is 0. The van der Waals surface area contributed by atoms with E-state index in [1.165, 1.54) is 63.6 Å². The van der Waals surface area contributed by atoms with Crippen molar-refractivity contribution in [3.8, 4) is 0 Å². The minimum atomic E-state index is 1.01. The Labute approximate surface area is 115 Å². The molecular weight excluding hydrogens is 220 g/mol. The van der Waals surface area contributed by atoms with Gasteiger partial charge in [0.05, 0.1) is 5.84 Å². The average molecular weight is 254 g/mol. The number of hydrogen-bond acceptors (Lipinski definition) is 1. The molecule has 1 N–H and O–H groups in total. The first-order valence-electron chi connectivity index (χ1n) is 8.12. The van der Waals surface area contributed by atoms with Crippen LogP contribution in [0.25, 0.3) is 0 Å². The van der Waals surface area contributed by atoms with Gasteiger partial charge in [-0.25, -0.2) is 0 Å². The van der Waals surface area contributed by atoms with Gasteiger partial charge in [0.2, 0.25) is 0 Å². The van der Waals surface area contributed by atoms with Gasteiger partial charge in [0.1, 0.15) is 0 Å². The molecule has 2 nitrogen and oxygen atoms in total.